The van der Waals surface area contributed by atoms with Crippen molar-refractivity contribution < 1.29 is 9.90 Å². The summed E-state index contributed by atoms with van der Waals surface area (Å²) >= 11 is 0. The van der Waals surface area contributed by atoms with Crippen molar-refractivity contribution in [1.29, 1.82) is 0 Å². The van der Waals surface area contributed by atoms with E-state index >= 15 is 0 Å². The highest BCUT2D eigenvalue weighted by Gasteiger charge is 2.19. The predicted molar refractivity (Wildman–Crippen MR) is 54.9 cm³/mol. The van der Waals surface area contributed by atoms with Gasteiger partial charge in [-0.2, -0.15) is 0 Å². The summed E-state index contributed by atoms with van der Waals surface area (Å²) < 4.78 is 0. The van der Waals surface area contributed by atoms with Crippen molar-refractivity contribution in [1.82, 2.24) is 10.6 Å². The van der Waals surface area contributed by atoms with Crippen LogP contribution in [0.4, 0.5) is 0 Å². The minimum atomic E-state index is -0.0723. The monoisotopic (exact) mass is 200 g/mol. The lowest BCUT2D eigenvalue weighted by molar-refractivity contribution is -0.122. The predicted octanol–water partition coefficient (Wildman–Crippen LogP) is -0.127. The molecule has 0 aliphatic carbocycles. The van der Waals surface area contributed by atoms with Gasteiger partial charge < -0.3 is 15.7 Å². The summed E-state index contributed by atoms with van der Waals surface area (Å²) in [4.78, 5) is 11.5. The number of hydrogen-bond acceptors (Lipinski definition) is 3. The zero-order valence-electron chi connectivity index (χ0n) is 8.75. The van der Waals surface area contributed by atoms with E-state index < -0.39 is 0 Å². The molecule has 1 rings (SSSR count). The first-order chi connectivity index (χ1) is 6.76. The van der Waals surface area contributed by atoms with Crippen molar-refractivity contribution in [3.63, 3.8) is 0 Å². The van der Waals surface area contributed by atoms with Gasteiger partial charge in [0, 0.05) is 6.42 Å². The molecular weight excluding hydrogens is 180 g/mol. The molecule has 0 spiro atoms. The maximum Gasteiger partial charge on any atom is 0.220 e. The SMILES string of the molecule is CC[C@H](CO)NC(=O)CC1CCNC1. The van der Waals surface area contributed by atoms with E-state index in [2.05, 4.69) is 10.6 Å². The normalized spacial score (nSPS) is 23.4. The van der Waals surface area contributed by atoms with Crippen LogP contribution in [0.3, 0.4) is 0 Å². The molecule has 1 aliphatic rings. The van der Waals surface area contributed by atoms with Crippen LogP contribution in [0.1, 0.15) is 26.2 Å². The van der Waals surface area contributed by atoms with Gasteiger partial charge in [-0.15, -0.1) is 0 Å². The zero-order chi connectivity index (χ0) is 10.4. The molecule has 0 bridgehead atoms. The molecule has 1 saturated heterocycles. The fraction of sp³-hybridized carbons (Fsp3) is 0.900. The van der Waals surface area contributed by atoms with Crippen LogP contribution >= 0.6 is 0 Å². The highest BCUT2D eigenvalue weighted by Crippen LogP contribution is 2.11. The number of rotatable bonds is 5. The Kier molecular flexibility index (Phi) is 4.90. The molecule has 82 valence electrons. The number of nitrogens with one attached hydrogen (secondary N) is 2. The van der Waals surface area contributed by atoms with Gasteiger partial charge in [0.15, 0.2) is 0 Å². The zero-order valence-corrected chi connectivity index (χ0v) is 8.75. The van der Waals surface area contributed by atoms with Crippen molar-refractivity contribution in [2.75, 3.05) is 19.7 Å². The first-order valence-electron chi connectivity index (χ1n) is 5.37. The maximum absolute atomic E-state index is 11.5. The van der Waals surface area contributed by atoms with Crippen LogP contribution in [0.25, 0.3) is 0 Å². The van der Waals surface area contributed by atoms with Crippen LogP contribution in [0.5, 0.6) is 0 Å². The Hall–Kier alpha value is -0.610. The molecule has 1 aliphatic heterocycles. The van der Waals surface area contributed by atoms with Crippen LogP contribution in [-0.2, 0) is 4.79 Å². The lowest BCUT2D eigenvalue weighted by Crippen LogP contribution is -2.37. The topological polar surface area (TPSA) is 61.4 Å². The molecule has 1 heterocycles. The Bertz CT molecular complexity index is 169. The summed E-state index contributed by atoms with van der Waals surface area (Å²) in [6.07, 6.45) is 2.46. The average Bonchev–Trinajstić information content (AvgIpc) is 2.66. The van der Waals surface area contributed by atoms with E-state index in [-0.39, 0.29) is 18.6 Å². The van der Waals surface area contributed by atoms with Crippen molar-refractivity contribution in [2.45, 2.75) is 32.2 Å². The quantitative estimate of drug-likeness (QED) is 0.579. The Morgan fingerprint density at radius 1 is 1.71 bits per heavy atom. The number of amides is 1. The number of hydrogen-bond donors (Lipinski definition) is 3. The summed E-state index contributed by atoms with van der Waals surface area (Å²) in [5.41, 5.74) is 0. The van der Waals surface area contributed by atoms with Crippen molar-refractivity contribution in [3.05, 3.63) is 0 Å². The molecule has 0 aromatic heterocycles. The number of aliphatic hydroxyl groups excluding tert-OH is 1. The van der Waals surface area contributed by atoms with Crippen molar-refractivity contribution in [3.8, 4) is 0 Å². The van der Waals surface area contributed by atoms with Gasteiger partial charge in [-0.1, -0.05) is 6.92 Å². The van der Waals surface area contributed by atoms with Crippen molar-refractivity contribution >= 4 is 5.91 Å². The van der Waals surface area contributed by atoms with Crippen LogP contribution in [0.15, 0.2) is 0 Å². The Morgan fingerprint density at radius 2 is 2.50 bits per heavy atom. The van der Waals surface area contributed by atoms with Gasteiger partial charge in [0.1, 0.15) is 0 Å². The Balaban J connectivity index is 2.20. The minimum absolute atomic E-state index is 0.0329. The smallest absolute Gasteiger partial charge is 0.220 e. The first kappa shape index (κ1) is 11.5. The molecule has 14 heavy (non-hydrogen) atoms. The fourth-order valence-corrected chi connectivity index (χ4v) is 1.71. The molecule has 0 saturated carbocycles. The average molecular weight is 200 g/mol. The van der Waals surface area contributed by atoms with E-state index in [0.717, 1.165) is 25.9 Å². The first-order valence-corrected chi connectivity index (χ1v) is 5.37. The maximum atomic E-state index is 11.5. The molecule has 0 aromatic rings. The van der Waals surface area contributed by atoms with Crippen molar-refractivity contribution in [2.24, 2.45) is 5.92 Å². The third-order valence-corrected chi connectivity index (χ3v) is 2.71. The molecule has 0 aromatic carbocycles. The fourth-order valence-electron chi connectivity index (χ4n) is 1.71. The van der Waals surface area contributed by atoms with Gasteiger partial charge in [-0.05, 0) is 31.8 Å². The number of carbonyl (C=O) groups is 1. The molecule has 4 heteroatoms. The molecule has 2 atom stereocenters. The summed E-state index contributed by atoms with van der Waals surface area (Å²) in [5.74, 6) is 0.547. The summed E-state index contributed by atoms with van der Waals surface area (Å²) in [6, 6.07) is -0.0723. The van der Waals surface area contributed by atoms with E-state index in [0.29, 0.717) is 12.3 Å². The molecule has 3 N–H and O–H groups in total. The number of carbonyl (C=O) groups excluding carboxylic acids is 1. The van der Waals surface area contributed by atoms with Gasteiger partial charge >= 0.3 is 0 Å². The van der Waals surface area contributed by atoms with Crippen LogP contribution < -0.4 is 10.6 Å². The lowest BCUT2D eigenvalue weighted by Gasteiger charge is -2.15. The second-order valence-corrected chi connectivity index (χ2v) is 3.92. The summed E-state index contributed by atoms with van der Waals surface area (Å²) in [6.45, 7) is 3.96. The van der Waals surface area contributed by atoms with Gasteiger partial charge in [0.2, 0.25) is 5.91 Å². The Morgan fingerprint density at radius 3 is 3.00 bits per heavy atom. The van der Waals surface area contributed by atoms with Gasteiger partial charge in [-0.3, -0.25) is 4.79 Å². The largest absolute Gasteiger partial charge is 0.394 e. The highest BCUT2D eigenvalue weighted by molar-refractivity contribution is 5.76. The molecular formula is C10H20N2O2. The van der Waals surface area contributed by atoms with E-state index in [1.165, 1.54) is 0 Å². The Labute approximate surface area is 85.1 Å². The van der Waals surface area contributed by atoms with E-state index in [4.69, 9.17) is 5.11 Å². The van der Waals surface area contributed by atoms with Gasteiger partial charge in [0.25, 0.3) is 0 Å². The summed E-state index contributed by atoms with van der Waals surface area (Å²) in [7, 11) is 0. The van der Waals surface area contributed by atoms with Crippen LogP contribution in [0, 0.1) is 5.92 Å². The van der Waals surface area contributed by atoms with Crippen LogP contribution in [0.2, 0.25) is 0 Å². The second-order valence-electron chi connectivity index (χ2n) is 3.92. The molecule has 0 radical (unpaired) electrons. The summed E-state index contributed by atoms with van der Waals surface area (Å²) in [5, 5.41) is 15.0. The molecule has 4 nitrogen and oxygen atoms in total. The standard InChI is InChI=1S/C10H20N2O2/c1-2-9(7-13)12-10(14)5-8-3-4-11-6-8/h8-9,11,13H,2-7H2,1H3,(H,12,14)/t8?,9-/m1/s1. The minimum Gasteiger partial charge on any atom is -0.394 e. The van der Waals surface area contributed by atoms with E-state index in [1.54, 1.807) is 0 Å². The molecule has 1 amide bonds. The lowest BCUT2D eigenvalue weighted by atomic mass is 10.0. The van der Waals surface area contributed by atoms with Gasteiger partial charge in [0.05, 0.1) is 12.6 Å². The third kappa shape index (κ3) is 3.64. The third-order valence-electron chi connectivity index (χ3n) is 2.71. The van der Waals surface area contributed by atoms with E-state index in [9.17, 15) is 4.79 Å². The second kappa shape index (κ2) is 5.98. The van der Waals surface area contributed by atoms with E-state index in [1.807, 2.05) is 6.92 Å². The highest BCUT2D eigenvalue weighted by atomic mass is 16.3. The van der Waals surface area contributed by atoms with Crippen LogP contribution in [-0.4, -0.2) is 36.8 Å². The van der Waals surface area contributed by atoms with Gasteiger partial charge in [-0.25, -0.2) is 0 Å². The molecule has 1 fully saturated rings. The molecule has 1 unspecified atom stereocenters. The number of aliphatic hydroxyl groups is 1.